The first kappa shape index (κ1) is 11.0. The number of amides is 1. The lowest BCUT2D eigenvalue weighted by Gasteiger charge is -2.16. The molecule has 4 nitrogen and oxygen atoms in total. The highest BCUT2D eigenvalue weighted by Crippen LogP contribution is 2.29. The number of rotatable bonds is 1. The molecule has 6 heteroatoms. The van der Waals surface area contributed by atoms with E-state index in [-0.39, 0.29) is 12.3 Å². The predicted octanol–water partition coefficient (Wildman–Crippen LogP) is 1.70. The maximum atomic E-state index is 11.5. The van der Waals surface area contributed by atoms with Crippen molar-refractivity contribution in [3.8, 4) is 0 Å². The van der Waals surface area contributed by atoms with Gasteiger partial charge in [-0.3, -0.25) is 9.69 Å². The molecule has 1 fully saturated rings. The number of hydrogen-bond acceptors (Lipinski definition) is 3. The molecule has 1 aliphatic heterocycles. The number of pyridine rings is 1. The molecule has 1 aromatic heterocycles. The molecule has 1 N–H and O–H groups in total. The van der Waals surface area contributed by atoms with E-state index < -0.39 is 6.10 Å². The monoisotopic (exact) mass is 334 g/mol. The summed E-state index contributed by atoms with van der Waals surface area (Å²) in [6.45, 7) is 0.312. The lowest BCUT2D eigenvalue weighted by Crippen LogP contribution is -2.26. The summed E-state index contributed by atoms with van der Waals surface area (Å²) in [5.41, 5.74) is 0. The van der Waals surface area contributed by atoms with E-state index in [1.54, 1.807) is 6.20 Å². The molecule has 15 heavy (non-hydrogen) atoms. The Morgan fingerprint density at radius 1 is 1.53 bits per heavy atom. The fraction of sp³-hybridized carbons (Fsp3) is 0.333. The minimum absolute atomic E-state index is 0.0991. The highest BCUT2D eigenvalue weighted by Gasteiger charge is 2.30. The van der Waals surface area contributed by atoms with Gasteiger partial charge in [-0.1, -0.05) is 0 Å². The van der Waals surface area contributed by atoms with Gasteiger partial charge in [-0.15, -0.1) is 0 Å². The normalized spacial score (nSPS) is 21.1. The van der Waals surface area contributed by atoms with E-state index in [4.69, 9.17) is 0 Å². The molecule has 0 bridgehead atoms. The minimum Gasteiger partial charge on any atom is -0.391 e. The SMILES string of the molecule is O=C1CC(O)CN1c1ncc(Br)cc1Br. The fourth-order valence-electron chi connectivity index (χ4n) is 1.50. The Kier molecular flexibility index (Phi) is 3.08. The average molecular weight is 336 g/mol. The van der Waals surface area contributed by atoms with Gasteiger partial charge >= 0.3 is 0 Å². The first-order valence-corrected chi connectivity index (χ1v) is 5.96. The lowest BCUT2D eigenvalue weighted by atomic mass is 10.3. The van der Waals surface area contributed by atoms with Crippen LogP contribution in [0.2, 0.25) is 0 Å². The van der Waals surface area contributed by atoms with Crippen LogP contribution in [0.15, 0.2) is 21.2 Å². The van der Waals surface area contributed by atoms with Gasteiger partial charge in [-0.25, -0.2) is 4.98 Å². The van der Waals surface area contributed by atoms with Crippen LogP contribution in [-0.2, 0) is 4.79 Å². The number of carbonyl (C=O) groups excluding carboxylic acids is 1. The topological polar surface area (TPSA) is 53.4 Å². The van der Waals surface area contributed by atoms with E-state index in [1.165, 1.54) is 4.90 Å². The summed E-state index contributed by atoms with van der Waals surface area (Å²) < 4.78 is 1.57. The van der Waals surface area contributed by atoms with Crippen LogP contribution in [0.25, 0.3) is 0 Å². The van der Waals surface area contributed by atoms with E-state index in [0.717, 1.165) is 8.95 Å². The zero-order chi connectivity index (χ0) is 11.0. The van der Waals surface area contributed by atoms with Gasteiger partial charge in [0.1, 0.15) is 5.82 Å². The summed E-state index contributed by atoms with van der Waals surface area (Å²) >= 11 is 6.62. The minimum atomic E-state index is -0.588. The van der Waals surface area contributed by atoms with Crippen LogP contribution < -0.4 is 4.90 Å². The van der Waals surface area contributed by atoms with Crippen molar-refractivity contribution in [1.82, 2.24) is 4.98 Å². The third kappa shape index (κ3) is 2.21. The van der Waals surface area contributed by atoms with Crippen molar-refractivity contribution in [3.05, 3.63) is 21.2 Å². The van der Waals surface area contributed by atoms with Crippen LogP contribution in [0, 0.1) is 0 Å². The summed E-state index contributed by atoms with van der Waals surface area (Å²) in [7, 11) is 0. The van der Waals surface area contributed by atoms with E-state index >= 15 is 0 Å². The van der Waals surface area contributed by atoms with Crippen molar-refractivity contribution in [2.24, 2.45) is 0 Å². The summed E-state index contributed by atoms with van der Waals surface area (Å²) in [4.78, 5) is 17.1. The van der Waals surface area contributed by atoms with Gasteiger partial charge in [-0.2, -0.15) is 0 Å². The molecule has 2 rings (SSSR count). The molecule has 1 atom stereocenters. The number of aliphatic hydroxyl groups is 1. The average Bonchev–Trinajstić information content (AvgIpc) is 2.45. The molecule has 1 saturated heterocycles. The van der Waals surface area contributed by atoms with Crippen molar-refractivity contribution >= 4 is 43.6 Å². The number of halogens is 2. The Labute approximate surface area is 104 Å². The quantitative estimate of drug-likeness (QED) is 0.850. The predicted molar refractivity (Wildman–Crippen MR) is 62.6 cm³/mol. The summed E-state index contributed by atoms with van der Waals surface area (Å²) in [5.74, 6) is 0.456. The van der Waals surface area contributed by atoms with E-state index in [9.17, 15) is 9.90 Å². The largest absolute Gasteiger partial charge is 0.391 e. The smallest absolute Gasteiger partial charge is 0.230 e. The van der Waals surface area contributed by atoms with Gasteiger partial charge in [0.2, 0.25) is 5.91 Å². The Hall–Kier alpha value is -0.460. The van der Waals surface area contributed by atoms with Gasteiger partial charge in [0.15, 0.2) is 0 Å². The van der Waals surface area contributed by atoms with Crippen LogP contribution in [0.3, 0.4) is 0 Å². The molecule has 0 aliphatic carbocycles. The molecule has 1 amide bonds. The molecule has 1 unspecified atom stereocenters. The fourth-order valence-corrected chi connectivity index (χ4v) is 2.70. The van der Waals surface area contributed by atoms with Gasteiger partial charge < -0.3 is 5.11 Å². The van der Waals surface area contributed by atoms with Gasteiger partial charge in [0, 0.05) is 10.7 Å². The van der Waals surface area contributed by atoms with Crippen LogP contribution in [0.4, 0.5) is 5.82 Å². The molecule has 0 spiro atoms. The molecular weight excluding hydrogens is 328 g/mol. The Morgan fingerprint density at radius 3 is 2.80 bits per heavy atom. The Bertz CT molecular complexity index is 411. The molecule has 80 valence electrons. The lowest BCUT2D eigenvalue weighted by molar-refractivity contribution is -0.117. The number of carbonyl (C=O) groups is 1. The van der Waals surface area contributed by atoms with Crippen LogP contribution >= 0.6 is 31.9 Å². The van der Waals surface area contributed by atoms with E-state index in [1.807, 2.05) is 6.07 Å². The second-order valence-corrected chi connectivity index (χ2v) is 5.09. The van der Waals surface area contributed by atoms with Gasteiger partial charge in [0.25, 0.3) is 0 Å². The first-order valence-electron chi connectivity index (χ1n) is 4.37. The van der Waals surface area contributed by atoms with Crippen LogP contribution in [0.1, 0.15) is 6.42 Å². The van der Waals surface area contributed by atoms with E-state index in [0.29, 0.717) is 12.4 Å². The molecule has 0 radical (unpaired) electrons. The number of aromatic nitrogens is 1. The number of β-amino-alcohol motifs (C(OH)–C–C–N with tert-alkyl or cyclic N) is 1. The van der Waals surface area contributed by atoms with E-state index in [2.05, 4.69) is 36.8 Å². The number of nitrogens with zero attached hydrogens (tertiary/aromatic N) is 2. The third-order valence-corrected chi connectivity index (χ3v) is 3.17. The number of aliphatic hydroxyl groups excluding tert-OH is 1. The van der Waals surface area contributed by atoms with Gasteiger partial charge in [-0.05, 0) is 37.9 Å². The van der Waals surface area contributed by atoms with Gasteiger partial charge in [0.05, 0.1) is 23.5 Å². The highest BCUT2D eigenvalue weighted by molar-refractivity contribution is 9.11. The molecule has 1 aliphatic rings. The second kappa shape index (κ2) is 4.19. The zero-order valence-electron chi connectivity index (χ0n) is 7.65. The Balaban J connectivity index is 2.34. The number of hydrogen-bond donors (Lipinski definition) is 1. The van der Waals surface area contributed by atoms with Crippen molar-refractivity contribution in [2.45, 2.75) is 12.5 Å². The molecule has 0 aromatic carbocycles. The molecular formula is C9H8Br2N2O2. The van der Waals surface area contributed by atoms with Crippen molar-refractivity contribution in [2.75, 3.05) is 11.4 Å². The highest BCUT2D eigenvalue weighted by atomic mass is 79.9. The van der Waals surface area contributed by atoms with Crippen LogP contribution in [-0.4, -0.2) is 28.6 Å². The summed E-state index contributed by atoms with van der Waals surface area (Å²) in [6, 6.07) is 1.82. The van der Waals surface area contributed by atoms with Crippen LogP contribution in [0.5, 0.6) is 0 Å². The first-order chi connectivity index (χ1) is 7.08. The summed E-state index contributed by atoms with van der Waals surface area (Å²) in [6.07, 6.45) is 1.21. The second-order valence-electron chi connectivity index (χ2n) is 3.32. The molecule has 1 aromatic rings. The maximum Gasteiger partial charge on any atom is 0.230 e. The van der Waals surface area contributed by atoms with Crippen molar-refractivity contribution < 1.29 is 9.90 Å². The number of anilines is 1. The van der Waals surface area contributed by atoms with Crippen molar-refractivity contribution in [3.63, 3.8) is 0 Å². The molecule has 0 saturated carbocycles. The standard InChI is InChI=1S/C9H8Br2N2O2/c10-5-1-7(11)9(12-3-5)13-4-6(14)2-8(13)15/h1,3,6,14H,2,4H2. The maximum absolute atomic E-state index is 11.5. The zero-order valence-corrected chi connectivity index (χ0v) is 10.8. The third-order valence-electron chi connectivity index (χ3n) is 2.15. The van der Waals surface area contributed by atoms with Crippen molar-refractivity contribution in [1.29, 1.82) is 0 Å². The summed E-state index contributed by atoms with van der Waals surface area (Å²) in [5, 5.41) is 9.36. The molecule has 2 heterocycles. The Morgan fingerprint density at radius 2 is 2.27 bits per heavy atom.